The molecule has 1 fully saturated rings. The highest BCUT2D eigenvalue weighted by Crippen LogP contribution is 2.41. The Morgan fingerprint density at radius 2 is 1.72 bits per heavy atom. The number of carbonyl (C=O) groups excluding carboxylic acids is 2. The molecule has 2 heterocycles. The van der Waals surface area contributed by atoms with E-state index < -0.39 is 0 Å². The molecule has 0 spiro atoms. The Morgan fingerprint density at radius 1 is 1.07 bits per heavy atom. The van der Waals surface area contributed by atoms with Gasteiger partial charge in [-0.15, -0.1) is 0 Å². The van der Waals surface area contributed by atoms with Crippen molar-refractivity contribution in [2.75, 3.05) is 19.6 Å². The van der Waals surface area contributed by atoms with Gasteiger partial charge in [-0.05, 0) is 22.1 Å². The lowest BCUT2D eigenvalue weighted by Crippen LogP contribution is -2.59. The number of hydrogen-bond acceptors (Lipinski definition) is 2. The monoisotopic (exact) mass is 390 g/mol. The molecule has 1 unspecified atom stereocenters. The summed E-state index contributed by atoms with van der Waals surface area (Å²) in [6.45, 7) is 10.0. The third-order valence-corrected chi connectivity index (χ3v) is 6.53. The maximum Gasteiger partial charge on any atom is 0.242 e. The first kappa shape index (κ1) is 19.7. The zero-order valence-electron chi connectivity index (χ0n) is 17.8. The van der Waals surface area contributed by atoms with Crippen molar-refractivity contribution >= 4 is 11.8 Å². The van der Waals surface area contributed by atoms with Crippen LogP contribution in [0.4, 0.5) is 0 Å². The van der Waals surface area contributed by atoms with Crippen LogP contribution in [0.15, 0.2) is 54.6 Å². The summed E-state index contributed by atoms with van der Waals surface area (Å²) in [4.78, 5) is 30.0. The van der Waals surface area contributed by atoms with Crippen LogP contribution in [0.5, 0.6) is 0 Å². The molecule has 152 valence electrons. The van der Waals surface area contributed by atoms with Crippen LogP contribution >= 0.6 is 0 Å². The molecule has 4 rings (SSSR count). The number of carbonyl (C=O) groups is 2. The molecule has 2 aliphatic heterocycles. The van der Waals surface area contributed by atoms with E-state index >= 15 is 0 Å². The molecule has 2 aromatic carbocycles. The zero-order chi connectivity index (χ0) is 20.8. The van der Waals surface area contributed by atoms with Crippen molar-refractivity contribution in [3.8, 4) is 0 Å². The zero-order valence-corrected chi connectivity index (χ0v) is 17.8. The largest absolute Gasteiger partial charge is 0.331 e. The van der Waals surface area contributed by atoms with Gasteiger partial charge in [0.2, 0.25) is 11.8 Å². The van der Waals surface area contributed by atoms with Gasteiger partial charge in [0.05, 0.1) is 12.6 Å². The Kier molecular flexibility index (Phi) is 4.76. The first-order valence-electron chi connectivity index (χ1n) is 10.4. The van der Waals surface area contributed by atoms with E-state index in [1.807, 2.05) is 29.2 Å². The number of benzene rings is 2. The van der Waals surface area contributed by atoms with Crippen molar-refractivity contribution in [3.05, 3.63) is 71.3 Å². The van der Waals surface area contributed by atoms with Crippen LogP contribution in [0, 0.1) is 0 Å². The number of piperazine rings is 1. The van der Waals surface area contributed by atoms with Crippen molar-refractivity contribution < 1.29 is 9.59 Å². The molecule has 2 aromatic rings. The average molecular weight is 391 g/mol. The highest BCUT2D eigenvalue weighted by atomic mass is 16.2. The van der Waals surface area contributed by atoms with Crippen LogP contribution < -0.4 is 0 Å². The molecule has 0 aromatic heterocycles. The average Bonchev–Trinajstić information content (AvgIpc) is 2.69. The summed E-state index contributed by atoms with van der Waals surface area (Å²) in [5.41, 5.74) is 3.25. The van der Waals surface area contributed by atoms with Gasteiger partial charge in [0.25, 0.3) is 0 Å². The number of nitrogens with zero attached hydrogens (tertiary/aromatic N) is 2. The van der Waals surface area contributed by atoms with Crippen LogP contribution in [0.25, 0.3) is 0 Å². The molecular formula is C25H30N2O2. The summed E-state index contributed by atoms with van der Waals surface area (Å²) < 4.78 is 0. The molecule has 1 atom stereocenters. The van der Waals surface area contributed by atoms with Gasteiger partial charge in [-0.2, -0.15) is 0 Å². The van der Waals surface area contributed by atoms with Gasteiger partial charge in [0.15, 0.2) is 0 Å². The van der Waals surface area contributed by atoms with Crippen LogP contribution in [-0.2, 0) is 20.4 Å². The smallest absolute Gasteiger partial charge is 0.242 e. The predicted molar refractivity (Wildman–Crippen MR) is 115 cm³/mol. The molecule has 4 nitrogen and oxygen atoms in total. The fraction of sp³-hybridized carbons (Fsp3) is 0.440. The van der Waals surface area contributed by atoms with Gasteiger partial charge in [-0.1, -0.05) is 82.3 Å². The normalized spacial score (nSPS) is 20.8. The van der Waals surface area contributed by atoms with Crippen molar-refractivity contribution in [1.82, 2.24) is 9.80 Å². The topological polar surface area (TPSA) is 40.6 Å². The lowest BCUT2D eigenvalue weighted by molar-refractivity contribution is -0.151. The third kappa shape index (κ3) is 3.57. The molecule has 0 saturated carbocycles. The fourth-order valence-corrected chi connectivity index (χ4v) is 4.85. The molecule has 29 heavy (non-hydrogen) atoms. The van der Waals surface area contributed by atoms with Gasteiger partial charge in [-0.25, -0.2) is 0 Å². The minimum absolute atomic E-state index is 0.0502. The fourth-order valence-electron chi connectivity index (χ4n) is 4.85. The first-order chi connectivity index (χ1) is 13.7. The molecule has 0 radical (unpaired) electrons. The van der Waals surface area contributed by atoms with Gasteiger partial charge in [0, 0.05) is 24.9 Å². The molecule has 4 heteroatoms. The summed E-state index contributed by atoms with van der Waals surface area (Å²) in [5.74, 6) is 0.101. The Labute approximate surface area is 173 Å². The standard InChI is InChI=1S/C25H30N2O2/c1-24(2,18-10-6-5-7-11-18)14-22(28)26-15-21-19-12-8-9-13-20(19)25(3,4)17-27(21)23(29)16-26/h5-13,21H,14-17H2,1-4H3. The highest BCUT2D eigenvalue weighted by Gasteiger charge is 2.44. The van der Waals surface area contributed by atoms with Crippen molar-refractivity contribution in [3.63, 3.8) is 0 Å². The second kappa shape index (κ2) is 7.01. The number of rotatable bonds is 3. The maximum atomic E-state index is 13.2. The van der Waals surface area contributed by atoms with E-state index in [0.29, 0.717) is 19.5 Å². The number of fused-ring (bicyclic) bond motifs is 3. The Balaban J connectivity index is 1.58. The Morgan fingerprint density at radius 3 is 2.45 bits per heavy atom. The summed E-state index contributed by atoms with van der Waals surface area (Å²) in [6, 6.07) is 18.4. The van der Waals surface area contributed by atoms with E-state index in [1.54, 1.807) is 4.90 Å². The summed E-state index contributed by atoms with van der Waals surface area (Å²) >= 11 is 0. The number of amides is 2. The molecule has 0 aliphatic carbocycles. The SMILES string of the molecule is CC(C)(CC(=O)N1CC(=O)N2CC(C)(C)c3ccccc3C2C1)c1ccccc1. The second-order valence-corrected chi connectivity index (χ2v) is 9.71. The second-order valence-electron chi connectivity index (χ2n) is 9.71. The summed E-state index contributed by atoms with van der Waals surface area (Å²) in [7, 11) is 0. The lowest BCUT2D eigenvalue weighted by Gasteiger charge is -2.50. The molecule has 0 bridgehead atoms. The quantitative estimate of drug-likeness (QED) is 0.793. The maximum absolute atomic E-state index is 13.2. The van der Waals surface area contributed by atoms with E-state index in [1.165, 1.54) is 11.1 Å². The first-order valence-corrected chi connectivity index (χ1v) is 10.4. The summed E-state index contributed by atoms with van der Waals surface area (Å²) in [6.07, 6.45) is 0.393. The van der Waals surface area contributed by atoms with Crippen molar-refractivity contribution in [1.29, 1.82) is 0 Å². The van der Waals surface area contributed by atoms with E-state index in [9.17, 15) is 9.59 Å². The summed E-state index contributed by atoms with van der Waals surface area (Å²) in [5, 5.41) is 0. The van der Waals surface area contributed by atoms with Gasteiger partial charge in [0.1, 0.15) is 0 Å². The minimum atomic E-state index is -0.273. The third-order valence-electron chi connectivity index (χ3n) is 6.53. The van der Waals surface area contributed by atoms with Crippen LogP contribution in [-0.4, -0.2) is 41.2 Å². The van der Waals surface area contributed by atoms with E-state index in [-0.39, 0.29) is 35.2 Å². The predicted octanol–water partition coefficient (Wildman–Crippen LogP) is 4.06. The lowest BCUT2D eigenvalue weighted by atomic mass is 9.75. The molecule has 2 amide bonds. The van der Waals surface area contributed by atoms with Crippen molar-refractivity contribution in [2.45, 2.75) is 51.0 Å². The Hall–Kier alpha value is -2.62. The van der Waals surface area contributed by atoms with Crippen LogP contribution in [0.3, 0.4) is 0 Å². The van der Waals surface area contributed by atoms with Gasteiger partial charge < -0.3 is 9.80 Å². The van der Waals surface area contributed by atoms with Gasteiger partial charge in [-0.3, -0.25) is 9.59 Å². The molecule has 2 aliphatic rings. The van der Waals surface area contributed by atoms with E-state index in [4.69, 9.17) is 0 Å². The van der Waals surface area contributed by atoms with Crippen LogP contribution in [0.1, 0.15) is 56.8 Å². The van der Waals surface area contributed by atoms with Crippen molar-refractivity contribution in [2.24, 2.45) is 0 Å². The van der Waals surface area contributed by atoms with Crippen LogP contribution in [0.2, 0.25) is 0 Å². The van der Waals surface area contributed by atoms with Gasteiger partial charge >= 0.3 is 0 Å². The number of hydrogen-bond donors (Lipinski definition) is 0. The minimum Gasteiger partial charge on any atom is -0.331 e. The highest BCUT2D eigenvalue weighted by molar-refractivity contribution is 5.87. The molecular weight excluding hydrogens is 360 g/mol. The molecule has 1 saturated heterocycles. The Bertz CT molecular complexity index is 933. The molecule has 0 N–H and O–H groups in total. The van der Waals surface area contributed by atoms with E-state index in [2.05, 4.69) is 58.0 Å². The van der Waals surface area contributed by atoms with E-state index in [0.717, 1.165) is 5.56 Å².